The summed E-state index contributed by atoms with van der Waals surface area (Å²) in [5, 5.41) is 25.2. The predicted octanol–water partition coefficient (Wildman–Crippen LogP) is 2.55. The summed E-state index contributed by atoms with van der Waals surface area (Å²) < 4.78 is 5.34. The number of hydroxylamine groups is 2. The Morgan fingerprint density at radius 1 is 1.36 bits per heavy atom. The zero-order chi connectivity index (χ0) is 19.8. The molecule has 6 heteroatoms. The average molecular weight is 383 g/mol. The maximum absolute atomic E-state index is 13.3. The lowest BCUT2D eigenvalue weighted by molar-refractivity contribution is -0.150. The number of ether oxygens (including phenoxy) is 1. The van der Waals surface area contributed by atoms with Gasteiger partial charge >= 0.3 is 5.97 Å². The summed E-state index contributed by atoms with van der Waals surface area (Å²) in [7, 11) is 1.44. The van der Waals surface area contributed by atoms with E-state index in [1.165, 1.54) is 12.2 Å². The van der Waals surface area contributed by atoms with Crippen molar-refractivity contribution in [2.75, 3.05) is 18.6 Å². The Labute approximate surface area is 165 Å². The number of aliphatic hydroxyl groups is 1. The van der Waals surface area contributed by atoms with Gasteiger partial charge in [0.15, 0.2) is 0 Å². The van der Waals surface area contributed by atoms with E-state index in [0.29, 0.717) is 25.8 Å². The van der Waals surface area contributed by atoms with Crippen molar-refractivity contribution in [1.29, 1.82) is 0 Å². The molecule has 1 N–H and O–H groups in total. The number of para-hydroxylation sites is 1. The summed E-state index contributed by atoms with van der Waals surface area (Å²) in [5.41, 5.74) is 1.81. The van der Waals surface area contributed by atoms with Crippen LogP contribution < -0.4 is 4.90 Å². The van der Waals surface area contributed by atoms with Crippen molar-refractivity contribution in [3.05, 3.63) is 46.7 Å². The molecule has 3 aliphatic heterocycles. The highest BCUT2D eigenvalue weighted by Gasteiger charge is 2.69. The smallest absolute Gasteiger partial charge is 0.310 e. The second-order valence-corrected chi connectivity index (χ2v) is 8.97. The molecule has 2 saturated heterocycles. The molecule has 0 radical (unpaired) electrons. The van der Waals surface area contributed by atoms with Crippen LogP contribution in [0.1, 0.15) is 38.7 Å². The van der Waals surface area contributed by atoms with Crippen molar-refractivity contribution in [3.63, 3.8) is 0 Å². The zero-order valence-corrected chi connectivity index (χ0v) is 16.6. The van der Waals surface area contributed by atoms with E-state index in [4.69, 9.17) is 4.74 Å². The standard InChI is InChI=1S/C22H27N2O4/c1-4-13-12-23(27)21(2)11-15(13)19(20(26)28-3)22-10-14(25)9-18(22)24(21)17-8-6-5-7-16(17)22/h4-8,14-15,18-19,25H,9-12H2,1-3H3/q-1. The Hall–Kier alpha value is -1.89. The second-order valence-electron chi connectivity index (χ2n) is 8.97. The van der Waals surface area contributed by atoms with Gasteiger partial charge in [0.2, 0.25) is 0 Å². The number of hydrogen-bond donors (Lipinski definition) is 1. The molecule has 3 heterocycles. The van der Waals surface area contributed by atoms with Gasteiger partial charge in [-0.3, -0.25) is 4.79 Å². The molecule has 1 aliphatic carbocycles. The van der Waals surface area contributed by atoms with Crippen LogP contribution in [0.2, 0.25) is 0 Å². The molecule has 1 aromatic rings. The molecule has 6 unspecified atom stereocenters. The van der Waals surface area contributed by atoms with Gasteiger partial charge < -0.3 is 25.0 Å². The summed E-state index contributed by atoms with van der Waals surface area (Å²) in [6.07, 6.45) is 3.15. The summed E-state index contributed by atoms with van der Waals surface area (Å²) in [4.78, 5) is 15.5. The summed E-state index contributed by atoms with van der Waals surface area (Å²) >= 11 is 0. The Kier molecular flexibility index (Phi) is 3.77. The number of carbonyl (C=O) groups is 1. The van der Waals surface area contributed by atoms with E-state index in [0.717, 1.165) is 16.8 Å². The van der Waals surface area contributed by atoms with Gasteiger partial charge in [-0.1, -0.05) is 29.8 Å². The van der Waals surface area contributed by atoms with E-state index in [1.807, 2.05) is 32.1 Å². The lowest BCUT2D eigenvalue weighted by Gasteiger charge is -2.58. The number of anilines is 1. The number of allylic oxidation sites excluding steroid dienone is 1. The Balaban J connectivity index is 1.85. The Bertz CT molecular complexity index is 870. The molecule has 0 aromatic heterocycles. The minimum Gasteiger partial charge on any atom is -0.783 e. The number of fused-ring (bicyclic) bond motifs is 5. The first-order valence-corrected chi connectivity index (χ1v) is 10.1. The van der Waals surface area contributed by atoms with E-state index in [-0.39, 0.29) is 17.9 Å². The molecule has 3 fully saturated rings. The minimum absolute atomic E-state index is 0.0705. The Morgan fingerprint density at radius 2 is 2.11 bits per heavy atom. The number of carbonyl (C=O) groups excluding carboxylic acids is 1. The summed E-state index contributed by atoms with van der Waals surface area (Å²) in [6, 6.07) is 8.02. The number of aliphatic hydroxyl groups excluding tert-OH is 1. The van der Waals surface area contributed by atoms with Crippen LogP contribution in [0.4, 0.5) is 5.69 Å². The van der Waals surface area contributed by atoms with Crippen LogP contribution >= 0.6 is 0 Å². The Morgan fingerprint density at radius 3 is 2.82 bits per heavy atom. The molecule has 5 rings (SSSR count). The van der Waals surface area contributed by atoms with Crippen LogP contribution in [0.25, 0.3) is 0 Å². The van der Waals surface area contributed by atoms with Crippen LogP contribution in [0.3, 0.4) is 0 Å². The monoisotopic (exact) mass is 383 g/mol. The normalized spacial score (nSPS) is 42.9. The highest BCUT2D eigenvalue weighted by Crippen LogP contribution is 2.65. The number of hydrogen-bond acceptors (Lipinski definition) is 6. The molecule has 0 spiro atoms. The molecule has 28 heavy (non-hydrogen) atoms. The lowest BCUT2D eigenvalue weighted by atomic mass is 9.61. The van der Waals surface area contributed by atoms with E-state index in [9.17, 15) is 15.1 Å². The van der Waals surface area contributed by atoms with E-state index in [1.54, 1.807) is 0 Å². The first kappa shape index (κ1) is 18.2. The molecule has 1 aromatic carbocycles. The average Bonchev–Trinajstić information content (AvgIpc) is 3.11. The van der Waals surface area contributed by atoms with Gasteiger partial charge in [0.05, 0.1) is 24.8 Å². The highest BCUT2D eigenvalue weighted by atomic mass is 16.5. The molecular weight excluding hydrogens is 356 g/mol. The number of piperidine rings is 1. The fourth-order valence-corrected chi connectivity index (χ4v) is 6.86. The number of rotatable bonds is 1. The molecule has 0 amide bonds. The topological polar surface area (TPSA) is 76.1 Å². The van der Waals surface area contributed by atoms with Crippen LogP contribution in [-0.4, -0.2) is 47.6 Å². The van der Waals surface area contributed by atoms with Crippen molar-refractivity contribution < 1.29 is 14.6 Å². The minimum atomic E-state index is -0.757. The van der Waals surface area contributed by atoms with Crippen molar-refractivity contribution in [2.45, 2.75) is 56.3 Å². The first-order chi connectivity index (χ1) is 13.4. The van der Waals surface area contributed by atoms with Crippen LogP contribution in [0.15, 0.2) is 35.9 Å². The third-order valence-corrected chi connectivity index (χ3v) is 7.89. The van der Waals surface area contributed by atoms with Crippen molar-refractivity contribution in [2.24, 2.45) is 11.8 Å². The van der Waals surface area contributed by atoms with Gasteiger partial charge in [-0.15, -0.1) is 0 Å². The third kappa shape index (κ3) is 1.96. The first-order valence-electron chi connectivity index (χ1n) is 10.1. The fourth-order valence-electron chi connectivity index (χ4n) is 6.86. The molecule has 1 saturated carbocycles. The number of methoxy groups -OCH3 is 1. The van der Waals surface area contributed by atoms with Crippen LogP contribution in [0.5, 0.6) is 0 Å². The van der Waals surface area contributed by atoms with Crippen molar-refractivity contribution in [3.8, 4) is 0 Å². The molecular formula is C22H27N2O4-. The zero-order valence-electron chi connectivity index (χ0n) is 16.6. The van der Waals surface area contributed by atoms with Crippen molar-refractivity contribution >= 4 is 11.7 Å². The van der Waals surface area contributed by atoms with E-state index < -0.39 is 23.1 Å². The lowest BCUT2D eigenvalue weighted by Crippen LogP contribution is -2.62. The van der Waals surface area contributed by atoms with Crippen LogP contribution in [-0.2, 0) is 14.9 Å². The molecule has 150 valence electrons. The quantitative estimate of drug-likeness (QED) is 0.593. The fraction of sp³-hybridized carbons (Fsp3) is 0.591. The van der Waals surface area contributed by atoms with Crippen LogP contribution in [0, 0.1) is 17.0 Å². The van der Waals surface area contributed by atoms with Gasteiger partial charge in [-0.2, -0.15) is 0 Å². The summed E-state index contributed by atoms with van der Waals surface area (Å²) in [6.45, 7) is 4.24. The second kappa shape index (κ2) is 5.81. The highest BCUT2D eigenvalue weighted by molar-refractivity contribution is 5.81. The number of benzene rings is 1. The molecule has 4 aliphatic rings. The largest absolute Gasteiger partial charge is 0.783 e. The number of esters is 1. The van der Waals surface area contributed by atoms with Gasteiger partial charge in [-0.05, 0) is 50.7 Å². The molecule has 6 atom stereocenters. The van der Waals surface area contributed by atoms with E-state index in [2.05, 4.69) is 17.0 Å². The predicted molar refractivity (Wildman–Crippen MR) is 105 cm³/mol. The SMILES string of the molecule is CC=C1CN([O-])C2(C)CC1C(C(=O)OC)C13CC(O)CC1N2c1ccccc13. The third-order valence-electron chi connectivity index (χ3n) is 7.89. The summed E-state index contributed by atoms with van der Waals surface area (Å²) in [5.74, 6) is -0.713. The van der Waals surface area contributed by atoms with Gasteiger partial charge in [0, 0.05) is 23.7 Å². The molecule has 4 bridgehead atoms. The van der Waals surface area contributed by atoms with Gasteiger partial charge in [-0.25, -0.2) is 0 Å². The van der Waals surface area contributed by atoms with Gasteiger partial charge in [0.25, 0.3) is 0 Å². The number of nitrogens with zero attached hydrogens (tertiary/aromatic N) is 2. The maximum atomic E-state index is 13.3. The molecule has 6 nitrogen and oxygen atoms in total. The maximum Gasteiger partial charge on any atom is 0.310 e. The van der Waals surface area contributed by atoms with Crippen molar-refractivity contribution in [1.82, 2.24) is 5.06 Å². The van der Waals surface area contributed by atoms with Gasteiger partial charge in [0.1, 0.15) is 0 Å². The van der Waals surface area contributed by atoms with E-state index >= 15 is 0 Å².